The maximum absolute atomic E-state index is 13.6. The van der Waals surface area contributed by atoms with E-state index < -0.39 is 6.04 Å². The Morgan fingerprint density at radius 2 is 1.83 bits per heavy atom. The Balaban J connectivity index is 2.02. The lowest BCUT2D eigenvalue weighted by Gasteiger charge is -2.24. The Morgan fingerprint density at radius 1 is 1.10 bits per heavy atom. The maximum atomic E-state index is 13.6. The van der Waals surface area contributed by atoms with Crippen molar-refractivity contribution in [2.24, 2.45) is 0 Å². The molecule has 1 atom stereocenters. The number of hydrogen-bond donors (Lipinski definition) is 0. The summed E-state index contributed by atoms with van der Waals surface area (Å²) in [6.45, 7) is 7.85. The van der Waals surface area contributed by atoms with Crippen molar-refractivity contribution in [3.05, 3.63) is 81.2 Å². The minimum Gasteiger partial charge on any atom is -0.493 e. The Kier molecular flexibility index (Phi) is 4.86. The van der Waals surface area contributed by atoms with Gasteiger partial charge >= 0.3 is 0 Å². The SMILES string of the molecule is C=CCN1C(=O)c2oc3cc(C)cc(C)c3c(=O)c2C1c1ccc(OC)c(OC)c1. The van der Waals surface area contributed by atoms with Gasteiger partial charge in [0.25, 0.3) is 5.91 Å². The quantitative estimate of drug-likeness (QED) is 0.596. The number of carbonyl (C=O) groups excluding carboxylic acids is 1. The standard InChI is InChI=1S/C24H23NO5/c1-6-9-25-21(15-7-8-16(28-4)17(12-15)29-5)20-22(26)19-14(3)10-13(2)11-18(19)30-23(20)24(25)27/h6-8,10-12,21H,1,9H2,2-5H3. The van der Waals surface area contributed by atoms with Crippen molar-refractivity contribution >= 4 is 16.9 Å². The molecule has 154 valence electrons. The van der Waals surface area contributed by atoms with E-state index in [1.54, 1.807) is 43.4 Å². The largest absolute Gasteiger partial charge is 0.493 e. The van der Waals surface area contributed by atoms with Gasteiger partial charge < -0.3 is 18.8 Å². The molecule has 30 heavy (non-hydrogen) atoms. The van der Waals surface area contributed by atoms with E-state index in [-0.39, 0.29) is 23.6 Å². The van der Waals surface area contributed by atoms with Crippen molar-refractivity contribution in [2.75, 3.05) is 20.8 Å². The van der Waals surface area contributed by atoms with Crippen molar-refractivity contribution in [3.8, 4) is 11.5 Å². The molecule has 0 fully saturated rings. The second-order valence-electron chi connectivity index (χ2n) is 7.39. The predicted octanol–water partition coefficient (Wildman–Crippen LogP) is 4.16. The van der Waals surface area contributed by atoms with Crippen LogP contribution in [0.15, 0.2) is 52.2 Å². The summed E-state index contributed by atoms with van der Waals surface area (Å²) in [5.41, 5.74) is 3.10. The second kappa shape index (κ2) is 7.37. The first-order valence-corrected chi connectivity index (χ1v) is 9.63. The molecule has 0 saturated carbocycles. The lowest BCUT2D eigenvalue weighted by atomic mass is 9.96. The van der Waals surface area contributed by atoms with E-state index in [1.165, 1.54) is 0 Å². The summed E-state index contributed by atoms with van der Waals surface area (Å²) in [7, 11) is 3.10. The first-order valence-electron chi connectivity index (χ1n) is 9.63. The Morgan fingerprint density at radius 3 is 2.50 bits per heavy atom. The molecule has 1 amide bonds. The number of nitrogens with zero attached hydrogens (tertiary/aromatic N) is 1. The van der Waals surface area contributed by atoms with Crippen LogP contribution in [0, 0.1) is 13.8 Å². The fraction of sp³-hybridized carbons (Fsp3) is 0.250. The highest BCUT2D eigenvalue weighted by Gasteiger charge is 2.42. The number of aryl methyl sites for hydroxylation is 2. The summed E-state index contributed by atoms with van der Waals surface area (Å²) in [5.74, 6) is 0.839. The second-order valence-corrected chi connectivity index (χ2v) is 7.39. The van der Waals surface area contributed by atoms with Gasteiger partial charge in [0.2, 0.25) is 5.76 Å². The zero-order valence-electron chi connectivity index (χ0n) is 17.4. The first kappa shape index (κ1) is 19.8. The number of ether oxygens (including phenoxy) is 2. The third-order valence-corrected chi connectivity index (χ3v) is 5.46. The monoisotopic (exact) mass is 405 g/mol. The molecule has 1 aliphatic rings. The lowest BCUT2D eigenvalue weighted by molar-refractivity contribution is 0.0748. The zero-order valence-corrected chi connectivity index (χ0v) is 17.4. The van der Waals surface area contributed by atoms with Gasteiger partial charge in [-0.2, -0.15) is 0 Å². The number of rotatable bonds is 5. The molecule has 1 unspecified atom stereocenters. The summed E-state index contributed by atoms with van der Waals surface area (Å²) in [5, 5.41) is 0.498. The van der Waals surface area contributed by atoms with Gasteiger partial charge in [0.1, 0.15) is 5.58 Å². The predicted molar refractivity (Wildman–Crippen MR) is 115 cm³/mol. The van der Waals surface area contributed by atoms with Crippen LogP contribution in [0.3, 0.4) is 0 Å². The number of methoxy groups -OCH3 is 2. The molecule has 0 N–H and O–H groups in total. The van der Waals surface area contributed by atoms with Crippen LogP contribution in [-0.4, -0.2) is 31.6 Å². The molecule has 6 heteroatoms. The van der Waals surface area contributed by atoms with Gasteiger partial charge in [-0.05, 0) is 48.7 Å². The number of benzene rings is 2. The molecule has 2 heterocycles. The van der Waals surface area contributed by atoms with Gasteiger partial charge in [0, 0.05) is 6.54 Å². The molecule has 0 spiro atoms. The van der Waals surface area contributed by atoms with E-state index in [2.05, 4.69) is 6.58 Å². The van der Waals surface area contributed by atoms with Gasteiger partial charge in [0.05, 0.1) is 31.2 Å². The lowest BCUT2D eigenvalue weighted by Crippen LogP contribution is -2.29. The molecule has 2 aromatic carbocycles. The van der Waals surface area contributed by atoms with E-state index in [9.17, 15) is 9.59 Å². The normalized spacial score (nSPS) is 15.4. The smallest absolute Gasteiger partial charge is 0.291 e. The van der Waals surface area contributed by atoms with E-state index in [0.717, 1.165) is 16.7 Å². The minimum absolute atomic E-state index is 0.0825. The summed E-state index contributed by atoms with van der Waals surface area (Å²) < 4.78 is 16.8. The molecular formula is C24H23NO5. The third-order valence-electron chi connectivity index (χ3n) is 5.46. The summed E-state index contributed by atoms with van der Waals surface area (Å²) in [4.78, 5) is 28.4. The number of hydrogen-bond acceptors (Lipinski definition) is 5. The third kappa shape index (κ3) is 2.87. The van der Waals surface area contributed by atoms with Gasteiger partial charge in [-0.3, -0.25) is 9.59 Å². The molecule has 0 aliphatic carbocycles. The van der Waals surface area contributed by atoms with Crippen molar-refractivity contribution in [1.82, 2.24) is 4.90 Å². The van der Waals surface area contributed by atoms with E-state index in [4.69, 9.17) is 13.9 Å². The van der Waals surface area contributed by atoms with Crippen molar-refractivity contribution in [3.63, 3.8) is 0 Å². The van der Waals surface area contributed by atoms with Gasteiger partial charge in [0.15, 0.2) is 16.9 Å². The average Bonchev–Trinajstić information content (AvgIpc) is 2.99. The first-order chi connectivity index (χ1) is 14.4. The van der Waals surface area contributed by atoms with Crippen LogP contribution in [0.2, 0.25) is 0 Å². The molecular weight excluding hydrogens is 382 g/mol. The minimum atomic E-state index is -0.605. The number of carbonyl (C=O) groups is 1. The van der Waals surface area contributed by atoms with E-state index in [1.807, 2.05) is 26.0 Å². The van der Waals surface area contributed by atoms with Crippen molar-refractivity contribution in [1.29, 1.82) is 0 Å². The Hall–Kier alpha value is -3.54. The van der Waals surface area contributed by atoms with E-state index >= 15 is 0 Å². The summed E-state index contributed by atoms with van der Waals surface area (Å²) in [6.07, 6.45) is 1.64. The van der Waals surface area contributed by atoms with Crippen LogP contribution in [-0.2, 0) is 0 Å². The highest BCUT2D eigenvalue weighted by atomic mass is 16.5. The van der Waals surface area contributed by atoms with Crippen molar-refractivity contribution < 1.29 is 18.7 Å². The van der Waals surface area contributed by atoms with Crippen LogP contribution >= 0.6 is 0 Å². The average molecular weight is 405 g/mol. The highest BCUT2D eigenvalue weighted by Crippen LogP contribution is 2.41. The van der Waals surface area contributed by atoms with Gasteiger partial charge in [-0.25, -0.2) is 0 Å². The Labute approximate surface area is 174 Å². The summed E-state index contributed by atoms with van der Waals surface area (Å²) in [6, 6.07) is 8.50. The molecule has 4 rings (SSSR count). The highest BCUT2D eigenvalue weighted by molar-refractivity contribution is 5.99. The molecule has 0 radical (unpaired) electrons. The van der Waals surface area contributed by atoms with E-state index in [0.29, 0.717) is 28.0 Å². The topological polar surface area (TPSA) is 69.0 Å². The van der Waals surface area contributed by atoms with Crippen LogP contribution in [0.5, 0.6) is 11.5 Å². The number of amides is 1. The molecule has 6 nitrogen and oxygen atoms in total. The molecule has 1 aliphatic heterocycles. The van der Waals surface area contributed by atoms with Crippen LogP contribution < -0.4 is 14.9 Å². The van der Waals surface area contributed by atoms with Gasteiger partial charge in [-0.15, -0.1) is 6.58 Å². The molecule has 1 aromatic heterocycles. The number of fused-ring (bicyclic) bond motifs is 2. The van der Waals surface area contributed by atoms with Crippen LogP contribution in [0.25, 0.3) is 11.0 Å². The summed E-state index contributed by atoms with van der Waals surface area (Å²) >= 11 is 0. The Bertz CT molecular complexity index is 1240. The van der Waals surface area contributed by atoms with Crippen LogP contribution in [0.4, 0.5) is 0 Å². The zero-order chi connectivity index (χ0) is 21.6. The molecule has 0 bridgehead atoms. The van der Waals surface area contributed by atoms with Crippen LogP contribution in [0.1, 0.15) is 38.9 Å². The molecule has 0 saturated heterocycles. The fourth-order valence-electron chi connectivity index (χ4n) is 4.21. The molecule has 3 aromatic rings. The fourth-order valence-corrected chi connectivity index (χ4v) is 4.21. The maximum Gasteiger partial charge on any atom is 0.291 e. The van der Waals surface area contributed by atoms with Gasteiger partial charge in [-0.1, -0.05) is 18.2 Å². The van der Waals surface area contributed by atoms with Crippen molar-refractivity contribution in [2.45, 2.75) is 19.9 Å².